The number of aliphatic carboxylic acids is 1. The van der Waals surface area contributed by atoms with Crippen LogP contribution in [0.4, 0.5) is 9.93 Å². The Morgan fingerprint density at radius 3 is 2.72 bits per heavy atom. The van der Waals surface area contributed by atoms with Crippen molar-refractivity contribution in [2.45, 2.75) is 39.2 Å². The molecule has 0 bridgehead atoms. The van der Waals surface area contributed by atoms with Crippen molar-refractivity contribution in [1.29, 1.82) is 0 Å². The zero-order chi connectivity index (χ0) is 13.5. The summed E-state index contributed by atoms with van der Waals surface area (Å²) in [5.74, 6) is -0.823. The van der Waals surface area contributed by atoms with Crippen LogP contribution in [-0.4, -0.2) is 33.3 Å². The molecular formula is C10H16N4O3S. The standard InChI is InChI=1S/C10H16N4O3S/c1-6(4-3-5-8(15)16)11-9(17)12-10-14-13-7(2)18-10/h6H,3-5H2,1-2H3,(H,15,16)(H2,11,12,14,17). The summed E-state index contributed by atoms with van der Waals surface area (Å²) in [5.41, 5.74) is 0. The van der Waals surface area contributed by atoms with Gasteiger partial charge in [0.05, 0.1) is 0 Å². The van der Waals surface area contributed by atoms with Crippen molar-refractivity contribution in [3.63, 3.8) is 0 Å². The molecule has 3 N–H and O–H groups in total. The van der Waals surface area contributed by atoms with Crippen LogP contribution in [0.25, 0.3) is 0 Å². The molecule has 8 heteroatoms. The molecule has 18 heavy (non-hydrogen) atoms. The molecule has 0 fully saturated rings. The van der Waals surface area contributed by atoms with E-state index in [9.17, 15) is 9.59 Å². The largest absolute Gasteiger partial charge is 0.481 e. The number of nitrogens with zero attached hydrogens (tertiary/aromatic N) is 2. The summed E-state index contributed by atoms with van der Waals surface area (Å²) in [7, 11) is 0. The maximum Gasteiger partial charge on any atom is 0.321 e. The van der Waals surface area contributed by atoms with E-state index in [-0.39, 0.29) is 18.5 Å². The molecule has 0 aromatic carbocycles. The number of carbonyl (C=O) groups is 2. The van der Waals surface area contributed by atoms with Crippen molar-refractivity contribution in [1.82, 2.24) is 15.5 Å². The number of nitrogens with one attached hydrogen (secondary N) is 2. The molecular weight excluding hydrogens is 256 g/mol. The van der Waals surface area contributed by atoms with Gasteiger partial charge in [-0.15, -0.1) is 10.2 Å². The number of carbonyl (C=O) groups excluding carboxylic acids is 1. The van der Waals surface area contributed by atoms with Crippen LogP contribution in [-0.2, 0) is 4.79 Å². The Morgan fingerprint density at radius 1 is 1.44 bits per heavy atom. The normalized spacial score (nSPS) is 11.9. The highest BCUT2D eigenvalue weighted by Crippen LogP contribution is 2.13. The Morgan fingerprint density at radius 2 is 2.17 bits per heavy atom. The topological polar surface area (TPSA) is 104 Å². The van der Waals surface area contributed by atoms with Crippen molar-refractivity contribution < 1.29 is 14.7 Å². The molecule has 0 aliphatic rings. The molecule has 1 aromatic heterocycles. The van der Waals surface area contributed by atoms with Gasteiger partial charge in [0.25, 0.3) is 0 Å². The predicted molar refractivity (Wildman–Crippen MR) is 67.7 cm³/mol. The Hall–Kier alpha value is -1.70. The lowest BCUT2D eigenvalue weighted by molar-refractivity contribution is -0.137. The minimum atomic E-state index is -0.823. The predicted octanol–water partition coefficient (Wildman–Crippen LogP) is 1.61. The number of anilines is 1. The fourth-order valence-corrected chi connectivity index (χ4v) is 1.92. The third-order valence-corrected chi connectivity index (χ3v) is 2.91. The molecule has 2 amide bonds. The fraction of sp³-hybridized carbons (Fsp3) is 0.600. The van der Waals surface area contributed by atoms with E-state index in [1.54, 1.807) is 6.92 Å². The van der Waals surface area contributed by atoms with Crippen molar-refractivity contribution in [2.24, 2.45) is 0 Å². The van der Waals surface area contributed by atoms with E-state index in [1.165, 1.54) is 11.3 Å². The molecule has 0 aliphatic heterocycles. The first-order valence-corrected chi connectivity index (χ1v) is 6.38. The number of aromatic nitrogens is 2. The van der Waals surface area contributed by atoms with Gasteiger partial charge in [0.1, 0.15) is 5.01 Å². The minimum absolute atomic E-state index is 0.0848. The first-order valence-electron chi connectivity index (χ1n) is 5.57. The summed E-state index contributed by atoms with van der Waals surface area (Å²) in [6.45, 7) is 3.63. The van der Waals surface area contributed by atoms with Gasteiger partial charge in [0.15, 0.2) is 0 Å². The zero-order valence-corrected chi connectivity index (χ0v) is 11.1. The van der Waals surface area contributed by atoms with Gasteiger partial charge in [-0.25, -0.2) is 4.79 Å². The molecule has 100 valence electrons. The first kappa shape index (κ1) is 14.4. The summed E-state index contributed by atoms with van der Waals surface area (Å²) in [4.78, 5) is 21.9. The summed E-state index contributed by atoms with van der Waals surface area (Å²) in [6.07, 6.45) is 1.27. The average molecular weight is 272 g/mol. The van der Waals surface area contributed by atoms with Crippen LogP contribution >= 0.6 is 11.3 Å². The van der Waals surface area contributed by atoms with Gasteiger partial charge in [0, 0.05) is 12.5 Å². The molecule has 1 heterocycles. The maximum atomic E-state index is 11.5. The molecule has 0 spiro atoms. The first-order chi connectivity index (χ1) is 8.47. The van der Waals surface area contributed by atoms with Crippen LogP contribution in [0.3, 0.4) is 0 Å². The van der Waals surface area contributed by atoms with E-state index >= 15 is 0 Å². The van der Waals surface area contributed by atoms with Crippen LogP contribution in [0, 0.1) is 6.92 Å². The van der Waals surface area contributed by atoms with E-state index in [4.69, 9.17) is 5.11 Å². The smallest absolute Gasteiger partial charge is 0.321 e. The Kier molecular flexibility index (Phi) is 5.50. The fourth-order valence-electron chi connectivity index (χ4n) is 1.34. The molecule has 7 nitrogen and oxygen atoms in total. The molecule has 0 saturated heterocycles. The highest BCUT2D eigenvalue weighted by atomic mass is 32.1. The molecule has 0 radical (unpaired) electrons. The van der Waals surface area contributed by atoms with Gasteiger partial charge in [-0.1, -0.05) is 11.3 Å². The van der Waals surface area contributed by atoms with Crippen LogP contribution in [0.5, 0.6) is 0 Å². The second-order valence-corrected chi connectivity index (χ2v) is 5.09. The van der Waals surface area contributed by atoms with Crippen molar-refractivity contribution in [2.75, 3.05) is 5.32 Å². The number of hydrogen-bond donors (Lipinski definition) is 3. The number of urea groups is 1. The number of hydrogen-bond acceptors (Lipinski definition) is 5. The molecule has 1 rings (SSSR count). The van der Waals surface area contributed by atoms with Crippen LogP contribution in [0.2, 0.25) is 0 Å². The van der Waals surface area contributed by atoms with Crippen molar-refractivity contribution in [3.8, 4) is 0 Å². The Balaban J connectivity index is 2.25. The second kappa shape index (κ2) is 6.90. The van der Waals surface area contributed by atoms with Crippen LogP contribution in [0.1, 0.15) is 31.2 Å². The van der Waals surface area contributed by atoms with Crippen LogP contribution in [0.15, 0.2) is 0 Å². The Bertz CT molecular complexity index is 421. The molecule has 1 unspecified atom stereocenters. The maximum absolute atomic E-state index is 11.5. The lowest BCUT2D eigenvalue weighted by atomic mass is 10.1. The lowest BCUT2D eigenvalue weighted by Gasteiger charge is -2.12. The average Bonchev–Trinajstić information content (AvgIpc) is 2.62. The highest BCUT2D eigenvalue weighted by molar-refractivity contribution is 7.15. The van der Waals surface area contributed by atoms with Gasteiger partial charge in [0.2, 0.25) is 5.13 Å². The van der Waals surface area contributed by atoms with E-state index in [0.717, 1.165) is 5.01 Å². The molecule has 0 aliphatic carbocycles. The van der Waals surface area contributed by atoms with Gasteiger partial charge in [-0.3, -0.25) is 10.1 Å². The van der Waals surface area contributed by atoms with E-state index < -0.39 is 5.97 Å². The summed E-state index contributed by atoms with van der Waals surface area (Å²) >= 11 is 1.29. The van der Waals surface area contributed by atoms with E-state index in [0.29, 0.717) is 18.0 Å². The summed E-state index contributed by atoms with van der Waals surface area (Å²) < 4.78 is 0. The lowest BCUT2D eigenvalue weighted by Crippen LogP contribution is -2.36. The number of carboxylic acid groups (broad SMARTS) is 1. The molecule has 1 aromatic rings. The summed E-state index contributed by atoms with van der Waals surface area (Å²) in [5, 5.41) is 22.5. The Labute approximate surface area is 109 Å². The van der Waals surface area contributed by atoms with Gasteiger partial charge in [-0.05, 0) is 26.7 Å². The second-order valence-electron chi connectivity index (χ2n) is 3.91. The van der Waals surface area contributed by atoms with Gasteiger partial charge < -0.3 is 10.4 Å². The van der Waals surface area contributed by atoms with Crippen LogP contribution < -0.4 is 10.6 Å². The van der Waals surface area contributed by atoms with E-state index in [2.05, 4.69) is 20.8 Å². The third kappa shape index (κ3) is 5.58. The molecule has 1 atom stereocenters. The number of rotatable bonds is 6. The monoisotopic (exact) mass is 272 g/mol. The summed E-state index contributed by atoms with van der Waals surface area (Å²) in [6, 6.07) is -0.438. The molecule has 0 saturated carbocycles. The minimum Gasteiger partial charge on any atom is -0.481 e. The van der Waals surface area contributed by atoms with E-state index in [1.807, 2.05) is 6.92 Å². The van der Waals surface area contributed by atoms with Gasteiger partial charge >= 0.3 is 12.0 Å². The number of aryl methyl sites for hydroxylation is 1. The zero-order valence-electron chi connectivity index (χ0n) is 10.3. The highest BCUT2D eigenvalue weighted by Gasteiger charge is 2.10. The third-order valence-electron chi connectivity index (χ3n) is 2.15. The SMILES string of the molecule is Cc1nnc(NC(=O)NC(C)CCCC(=O)O)s1. The van der Waals surface area contributed by atoms with Crippen molar-refractivity contribution >= 4 is 28.5 Å². The number of amides is 2. The number of carboxylic acids is 1. The van der Waals surface area contributed by atoms with Crippen molar-refractivity contribution in [3.05, 3.63) is 5.01 Å². The van der Waals surface area contributed by atoms with Gasteiger partial charge in [-0.2, -0.15) is 0 Å². The quantitative estimate of drug-likeness (QED) is 0.729.